The monoisotopic (exact) mass is 468 g/mol. The molecule has 1 aliphatic heterocycles. The highest BCUT2D eigenvalue weighted by atomic mass is 35.5. The van der Waals surface area contributed by atoms with Crippen LogP contribution in [0, 0.1) is 12.3 Å². The Hall–Kier alpha value is -1.91. The highest BCUT2D eigenvalue weighted by Crippen LogP contribution is 2.47. The lowest BCUT2D eigenvalue weighted by Crippen LogP contribution is -2.51. The smallest absolute Gasteiger partial charge is 0.370 e. The first-order valence-electron chi connectivity index (χ1n) is 10.4. The third-order valence-corrected chi connectivity index (χ3v) is 12.3. The number of carbonyl (C=O) groups excluding carboxylic acids is 1. The van der Waals surface area contributed by atoms with Crippen molar-refractivity contribution in [3.05, 3.63) is 34.5 Å². The lowest BCUT2D eigenvalue weighted by molar-refractivity contribution is -0.188. The maximum atomic E-state index is 13.4. The number of halogens is 4. The van der Waals surface area contributed by atoms with Crippen LogP contribution in [0.3, 0.4) is 0 Å². The van der Waals surface area contributed by atoms with Gasteiger partial charge < -0.3 is 9.13 Å². The van der Waals surface area contributed by atoms with Gasteiger partial charge in [0.1, 0.15) is 0 Å². The van der Waals surface area contributed by atoms with E-state index < -0.39 is 26.4 Å². The van der Waals surface area contributed by atoms with Crippen LogP contribution in [0.2, 0.25) is 23.2 Å². The molecule has 168 valence electrons. The zero-order chi connectivity index (χ0) is 23.4. The summed E-state index contributed by atoms with van der Waals surface area (Å²) in [6.45, 7) is 10.9. The molecule has 0 bridgehead atoms. The van der Waals surface area contributed by atoms with E-state index in [1.54, 1.807) is 0 Å². The molecule has 1 aromatic heterocycles. The van der Waals surface area contributed by atoms with Gasteiger partial charge >= 0.3 is 12.1 Å². The zero-order valence-corrected chi connectivity index (χ0v) is 20.3. The fourth-order valence-corrected chi connectivity index (χ4v) is 6.88. The molecule has 8 heteroatoms. The van der Waals surface area contributed by atoms with Crippen molar-refractivity contribution in [3.63, 3.8) is 0 Å². The van der Waals surface area contributed by atoms with Crippen LogP contribution in [-0.4, -0.2) is 36.0 Å². The second-order valence-electron chi connectivity index (χ2n) is 9.67. The second kappa shape index (κ2) is 7.90. The summed E-state index contributed by atoms with van der Waals surface area (Å²) < 4.78 is 42.6. The van der Waals surface area contributed by atoms with Crippen molar-refractivity contribution in [1.29, 1.82) is 0 Å². The summed E-state index contributed by atoms with van der Waals surface area (Å²) in [4.78, 5) is 13.3. The molecule has 3 rings (SSSR count). The number of aromatic nitrogens is 1. The molecular weight excluding hydrogens is 441 g/mol. The van der Waals surface area contributed by atoms with Gasteiger partial charge in [-0.25, -0.2) is 0 Å². The molecule has 0 radical (unpaired) electrons. The summed E-state index contributed by atoms with van der Waals surface area (Å²) in [6.07, 6.45) is 1.46. The van der Waals surface area contributed by atoms with Crippen molar-refractivity contribution in [2.75, 3.05) is 6.54 Å². The van der Waals surface area contributed by atoms with Crippen LogP contribution >= 0.6 is 11.6 Å². The van der Waals surface area contributed by atoms with Gasteiger partial charge in [-0.1, -0.05) is 45.5 Å². The SMILES string of the molecule is C#CCCC1c2c(c3cc(Cl)ccc3n2[Si](C)(C)C(C)(C)C)CCN1C(=O)C(F)(F)F. The highest BCUT2D eigenvalue weighted by molar-refractivity contribution is 6.79. The number of benzene rings is 1. The second-order valence-corrected chi connectivity index (χ2v) is 15.2. The Morgan fingerprint density at radius 1 is 1.29 bits per heavy atom. The Labute approximate surface area is 187 Å². The minimum Gasteiger partial charge on any atom is -0.370 e. The van der Waals surface area contributed by atoms with Crippen LogP contribution in [0.25, 0.3) is 10.9 Å². The number of hydrogen-bond donors (Lipinski definition) is 0. The summed E-state index contributed by atoms with van der Waals surface area (Å²) in [5, 5.41) is 1.45. The van der Waals surface area contributed by atoms with Crippen molar-refractivity contribution in [1.82, 2.24) is 9.13 Å². The third-order valence-electron chi connectivity index (χ3n) is 6.83. The Bertz CT molecular complexity index is 1060. The van der Waals surface area contributed by atoms with Gasteiger partial charge in [-0.3, -0.25) is 4.79 Å². The van der Waals surface area contributed by atoms with Crippen LogP contribution in [0.5, 0.6) is 0 Å². The molecule has 2 aromatic rings. The minimum atomic E-state index is -4.93. The Balaban J connectivity index is 2.36. The van der Waals surface area contributed by atoms with Gasteiger partial charge in [0, 0.05) is 34.6 Å². The molecule has 3 nitrogen and oxygen atoms in total. The van der Waals surface area contributed by atoms with Crippen molar-refractivity contribution >= 4 is 36.6 Å². The van der Waals surface area contributed by atoms with Gasteiger partial charge in [0.25, 0.3) is 0 Å². The van der Waals surface area contributed by atoms with Crippen molar-refractivity contribution in [2.45, 2.75) is 70.4 Å². The average Bonchev–Trinajstić information content (AvgIpc) is 2.98. The predicted molar refractivity (Wildman–Crippen MR) is 122 cm³/mol. The van der Waals surface area contributed by atoms with E-state index in [0.29, 0.717) is 11.4 Å². The molecule has 0 saturated carbocycles. The molecular formula is C23H28ClF3N2OSi. The van der Waals surface area contributed by atoms with Crippen LogP contribution < -0.4 is 0 Å². The van der Waals surface area contributed by atoms with Gasteiger partial charge in [0.05, 0.1) is 6.04 Å². The number of amides is 1. The van der Waals surface area contributed by atoms with E-state index in [2.05, 4.69) is 44.0 Å². The normalized spacial score (nSPS) is 17.5. The average molecular weight is 469 g/mol. The van der Waals surface area contributed by atoms with Crippen molar-refractivity contribution in [3.8, 4) is 12.3 Å². The predicted octanol–water partition coefficient (Wildman–Crippen LogP) is 6.55. The Morgan fingerprint density at radius 2 is 1.94 bits per heavy atom. The Kier molecular flexibility index (Phi) is 6.05. The highest BCUT2D eigenvalue weighted by Gasteiger charge is 2.49. The first kappa shape index (κ1) is 23.7. The number of rotatable bonds is 3. The van der Waals surface area contributed by atoms with Gasteiger partial charge in [-0.2, -0.15) is 13.2 Å². The maximum Gasteiger partial charge on any atom is 0.471 e. The molecule has 1 aromatic carbocycles. The summed E-state index contributed by atoms with van der Waals surface area (Å²) in [5.41, 5.74) is 2.74. The maximum absolute atomic E-state index is 13.4. The summed E-state index contributed by atoms with van der Waals surface area (Å²) in [7, 11) is -2.28. The number of hydrogen-bond acceptors (Lipinski definition) is 1. The van der Waals surface area contributed by atoms with E-state index in [1.807, 2.05) is 18.2 Å². The van der Waals surface area contributed by atoms with Crippen LogP contribution in [-0.2, 0) is 11.2 Å². The lowest BCUT2D eigenvalue weighted by Gasteiger charge is -2.44. The van der Waals surface area contributed by atoms with E-state index in [-0.39, 0.29) is 24.4 Å². The van der Waals surface area contributed by atoms with E-state index in [0.717, 1.165) is 27.1 Å². The van der Waals surface area contributed by atoms with Gasteiger partial charge in [0.2, 0.25) is 0 Å². The fraction of sp³-hybridized carbons (Fsp3) is 0.522. The van der Waals surface area contributed by atoms with Gasteiger partial charge in [0.15, 0.2) is 8.24 Å². The topological polar surface area (TPSA) is 25.2 Å². The largest absolute Gasteiger partial charge is 0.471 e. The number of alkyl halides is 3. The molecule has 0 N–H and O–H groups in total. The molecule has 1 atom stereocenters. The zero-order valence-electron chi connectivity index (χ0n) is 18.5. The molecule has 2 heterocycles. The summed E-state index contributed by atoms with van der Waals surface area (Å²) in [6, 6.07) is 4.92. The molecule has 31 heavy (non-hydrogen) atoms. The number of fused-ring (bicyclic) bond motifs is 3. The molecule has 0 spiro atoms. The van der Waals surface area contributed by atoms with Crippen molar-refractivity contribution in [2.24, 2.45) is 0 Å². The standard InChI is InChI=1S/C23H28ClF3N2OSi/c1-7-8-9-19-20-16(12-13-28(19)21(30)23(25,26)27)17-14-15(24)10-11-18(17)29(20)31(5,6)22(2,3)4/h1,10-11,14,19H,8-9,12-13H2,2-6H3. The van der Waals surface area contributed by atoms with E-state index in [9.17, 15) is 18.0 Å². The number of terminal acetylenes is 1. The van der Waals surface area contributed by atoms with Crippen molar-refractivity contribution < 1.29 is 18.0 Å². The molecule has 0 aliphatic carbocycles. The quantitative estimate of drug-likeness (QED) is 0.370. The van der Waals surface area contributed by atoms with E-state index in [4.69, 9.17) is 18.0 Å². The first-order valence-corrected chi connectivity index (χ1v) is 13.7. The third kappa shape index (κ3) is 4.00. The first-order chi connectivity index (χ1) is 14.2. The van der Waals surface area contributed by atoms with Crippen LogP contribution in [0.1, 0.15) is 50.9 Å². The summed E-state index contributed by atoms with van der Waals surface area (Å²) >= 11 is 6.30. The molecule has 1 unspecified atom stereocenters. The van der Waals surface area contributed by atoms with E-state index in [1.165, 1.54) is 0 Å². The molecule has 1 amide bonds. The summed E-state index contributed by atoms with van der Waals surface area (Å²) in [5.74, 6) is 0.736. The molecule has 1 aliphatic rings. The van der Waals surface area contributed by atoms with Crippen LogP contribution in [0.15, 0.2) is 18.2 Å². The number of carbonyl (C=O) groups is 1. The number of nitrogens with zero attached hydrogens (tertiary/aromatic N) is 2. The fourth-order valence-electron chi connectivity index (χ4n) is 4.35. The van der Waals surface area contributed by atoms with Gasteiger partial charge in [-0.15, -0.1) is 12.3 Å². The van der Waals surface area contributed by atoms with Crippen LogP contribution in [0.4, 0.5) is 13.2 Å². The Morgan fingerprint density at radius 3 is 2.48 bits per heavy atom. The molecule has 0 fully saturated rings. The van der Waals surface area contributed by atoms with Gasteiger partial charge in [-0.05, 0) is 41.6 Å². The molecule has 0 saturated heterocycles. The minimum absolute atomic E-state index is 0.00368. The lowest BCUT2D eigenvalue weighted by atomic mass is 9.94. The van der Waals surface area contributed by atoms with E-state index >= 15 is 0 Å².